The number of hydrogen-bond acceptors (Lipinski definition) is 1. The van der Waals surface area contributed by atoms with Crippen LogP contribution in [0.1, 0.15) is 30.4 Å². The lowest BCUT2D eigenvalue weighted by atomic mass is 9.90. The Bertz CT molecular complexity index is 496. The lowest BCUT2D eigenvalue weighted by molar-refractivity contribution is -0.130. The molecular weight excluding hydrogens is 246 g/mol. The Hall–Kier alpha value is -2.09. The smallest absolute Gasteiger partial charge is 0.234 e. The quantitative estimate of drug-likeness (QED) is 0.809. The molecule has 0 radical (unpaired) electrons. The highest BCUT2D eigenvalue weighted by atomic mass is 16.2. The van der Waals surface area contributed by atoms with Gasteiger partial charge in [0.2, 0.25) is 5.91 Å². The second-order valence-electron chi connectivity index (χ2n) is 5.01. The van der Waals surface area contributed by atoms with Gasteiger partial charge in [-0.3, -0.25) is 4.79 Å². The fourth-order valence-corrected chi connectivity index (χ4v) is 2.43. The molecule has 0 aromatic heterocycles. The van der Waals surface area contributed by atoms with Gasteiger partial charge >= 0.3 is 0 Å². The first-order chi connectivity index (χ1) is 9.74. The number of rotatable bonds is 5. The van der Waals surface area contributed by atoms with E-state index in [1.54, 1.807) is 0 Å². The first kappa shape index (κ1) is 14.3. The Kier molecular flexibility index (Phi) is 4.94. The molecule has 2 rings (SSSR count). The number of carbonyl (C=O) groups is 1. The van der Waals surface area contributed by atoms with Crippen LogP contribution in [0, 0.1) is 0 Å². The molecule has 0 unspecified atom stereocenters. The summed E-state index contributed by atoms with van der Waals surface area (Å²) < 4.78 is 0. The number of nitrogens with zero attached hydrogens (tertiary/aromatic N) is 1. The average Bonchev–Trinajstić information content (AvgIpc) is 2.50. The minimum absolute atomic E-state index is 0.157. The molecule has 0 heterocycles. The average molecular weight is 267 g/mol. The van der Waals surface area contributed by atoms with Gasteiger partial charge < -0.3 is 4.90 Å². The standard InChI is InChI=1S/C18H21NO/c1-3-14-19(2)18(20)17(15-10-6-4-7-11-15)16-12-8-5-9-13-16/h4-13,17H,3,14H2,1-2H3. The summed E-state index contributed by atoms with van der Waals surface area (Å²) in [5, 5.41) is 0. The van der Waals surface area contributed by atoms with Gasteiger partial charge in [0.25, 0.3) is 0 Å². The van der Waals surface area contributed by atoms with Crippen molar-refractivity contribution in [2.75, 3.05) is 13.6 Å². The Labute approximate surface area is 121 Å². The van der Waals surface area contributed by atoms with E-state index in [1.807, 2.05) is 72.6 Å². The first-order valence-corrected chi connectivity index (χ1v) is 7.09. The Morgan fingerprint density at radius 1 is 0.950 bits per heavy atom. The van der Waals surface area contributed by atoms with E-state index >= 15 is 0 Å². The van der Waals surface area contributed by atoms with E-state index in [2.05, 4.69) is 6.92 Å². The maximum Gasteiger partial charge on any atom is 0.234 e. The van der Waals surface area contributed by atoms with Gasteiger partial charge in [-0.1, -0.05) is 67.6 Å². The van der Waals surface area contributed by atoms with Gasteiger partial charge in [0.15, 0.2) is 0 Å². The summed E-state index contributed by atoms with van der Waals surface area (Å²) >= 11 is 0. The van der Waals surface area contributed by atoms with Crippen molar-refractivity contribution in [3.63, 3.8) is 0 Å². The SMILES string of the molecule is CCCN(C)C(=O)C(c1ccccc1)c1ccccc1. The number of amides is 1. The van der Waals surface area contributed by atoms with Crippen molar-refractivity contribution in [2.45, 2.75) is 19.3 Å². The molecule has 0 saturated heterocycles. The third-order valence-electron chi connectivity index (χ3n) is 3.45. The summed E-state index contributed by atoms with van der Waals surface area (Å²) in [4.78, 5) is 14.6. The normalized spacial score (nSPS) is 10.6. The van der Waals surface area contributed by atoms with E-state index in [0.717, 1.165) is 24.1 Å². The van der Waals surface area contributed by atoms with Crippen LogP contribution in [0.5, 0.6) is 0 Å². The van der Waals surface area contributed by atoms with Gasteiger partial charge in [0.05, 0.1) is 5.92 Å². The lowest BCUT2D eigenvalue weighted by Gasteiger charge is -2.24. The van der Waals surface area contributed by atoms with Crippen LogP contribution in [-0.4, -0.2) is 24.4 Å². The minimum atomic E-state index is -0.214. The van der Waals surface area contributed by atoms with Crippen molar-refractivity contribution < 1.29 is 4.79 Å². The molecule has 0 N–H and O–H groups in total. The number of benzene rings is 2. The van der Waals surface area contributed by atoms with Crippen LogP contribution in [0.3, 0.4) is 0 Å². The van der Waals surface area contributed by atoms with E-state index in [9.17, 15) is 4.79 Å². The molecule has 20 heavy (non-hydrogen) atoms. The van der Waals surface area contributed by atoms with Gasteiger partial charge in [-0.2, -0.15) is 0 Å². The van der Waals surface area contributed by atoms with Crippen LogP contribution in [0.4, 0.5) is 0 Å². The van der Waals surface area contributed by atoms with Crippen LogP contribution in [-0.2, 0) is 4.79 Å². The summed E-state index contributed by atoms with van der Waals surface area (Å²) in [5.41, 5.74) is 2.10. The molecule has 0 fully saturated rings. The van der Waals surface area contributed by atoms with Gasteiger partial charge in [-0.15, -0.1) is 0 Å². The van der Waals surface area contributed by atoms with E-state index in [1.165, 1.54) is 0 Å². The summed E-state index contributed by atoms with van der Waals surface area (Å²) in [7, 11) is 1.88. The highest BCUT2D eigenvalue weighted by Gasteiger charge is 2.24. The van der Waals surface area contributed by atoms with E-state index in [4.69, 9.17) is 0 Å². The number of likely N-dealkylation sites (N-methyl/N-ethyl adjacent to an activating group) is 1. The highest BCUT2D eigenvalue weighted by Crippen LogP contribution is 2.26. The Balaban J connectivity index is 2.38. The molecule has 0 spiro atoms. The van der Waals surface area contributed by atoms with Crippen LogP contribution >= 0.6 is 0 Å². The third kappa shape index (κ3) is 3.27. The van der Waals surface area contributed by atoms with Crippen molar-refractivity contribution in [3.8, 4) is 0 Å². The molecule has 0 aliphatic rings. The zero-order valence-electron chi connectivity index (χ0n) is 12.1. The monoisotopic (exact) mass is 267 g/mol. The minimum Gasteiger partial charge on any atom is -0.345 e. The predicted molar refractivity (Wildman–Crippen MR) is 82.7 cm³/mol. The second-order valence-corrected chi connectivity index (χ2v) is 5.01. The molecule has 0 saturated carbocycles. The molecule has 0 atom stereocenters. The molecule has 2 nitrogen and oxygen atoms in total. The second kappa shape index (κ2) is 6.90. The van der Waals surface area contributed by atoms with Crippen molar-refractivity contribution in [1.29, 1.82) is 0 Å². The van der Waals surface area contributed by atoms with Crippen LogP contribution < -0.4 is 0 Å². The zero-order valence-corrected chi connectivity index (χ0v) is 12.1. The van der Waals surface area contributed by atoms with Gasteiger partial charge in [0.1, 0.15) is 0 Å². The molecular formula is C18H21NO. The summed E-state index contributed by atoms with van der Waals surface area (Å²) in [6.45, 7) is 2.87. The summed E-state index contributed by atoms with van der Waals surface area (Å²) in [6, 6.07) is 20.0. The van der Waals surface area contributed by atoms with Crippen molar-refractivity contribution in [2.24, 2.45) is 0 Å². The number of carbonyl (C=O) groups excluding carboxylic acids is 1. The van der Waals surface area contributed by atoms with Gasteiger partial charge in [-0.25, -0.2) is 0 Å². The van der Waals surface area contributed by atoms with E-state index in [-0.39, 0.29) is 11.8 Å². The number of hydrogen-bond donors (Lipinski definition) is 0. The van der Waals surface area contributed by atoms with E-state index in [0.29, 0.717) is 0 Å². The Morgan fingerprint density at radius 3 is 1.80 bits per heavy atom. The zero-order chi connectivity index (χ0) is 14.4. The van der Waals surface area contributed by atoms with Crippen molar-refractivity contribution in [3.05, 3.63) is 71.8 Å². The summed E-state index contributed by atoms with van der Waals surface area (Å²) in [5.74, 6) is -0.0572. The van der Waals surface area contributed by atoms with Crippen molar-refractivity contribution >= 4 is 5.91 Å². The molecule has 2 aromatic carbocycles. The van der Waals surface area contributed by atoms with Crippen LogP contribution in [0.2, 0.25) is 0 Å². The molecule has 104 valence electrons. The molecule has 1 amide bonds. The van der Waals surface area contributed by atoms with Gasteiger partial charge in [0, 0.05) is 13.6 Å². The third-order valence-corrected chi connectivity index (χ3v) is 3.45. The molecule has 2 aromatic rings. The van der Waals surface area contributed by atoms with Gasteiger partial charge in [-0.05, 0) is 17.5 Å². The molecule has 0 aliphatic heterocycles. The lowest BCUT2D eigenvalue weighted by Crippen LogP contribution is -2.32. The maximum absolute atomic E-state index is 12.8. The molecule has 2 heteroatoms. The Morgan fingerprint density at radius 2 is 1.40 bits per heavy atom. The van der Waals surface area contributed by atoms with Crippen LogP contribution in [0.25, 0.3) is 0 Å². The van der Waals surface area contributed by atoms with Crippen LogP contribution in [0.15, 0.2) is 60.7 Å². The predicted octanol–water partition coefficient (Wildman–Crippen LogP) is 3.69. The topological polar surface area (TPSA) is 20.3 Å². The fourth-order valence-electron chi connectivity index (χ4n) is 2.43. The highest BCUT2D eigenvalue weighted by molar-refractivity contribution is 5.87. The molecule has 0 bridgehead atoms. The molecule has 0 aliphatic carbocycles. The largest absolute Gasteiger partial charge is 0.345 e. The maximum atomic E-state index is 12.8. The fraction of sp³-hybridized carbons (Fsp3) is 0.278. The first-order valence-electron chi connectivity index (χ1n) is 7.09. The summed E-state index contributed by atoms with van der Waals surface area (Å²) in [6.07, 6.45) is 0.971. The van der Waals surface area contributed by atoms with Crippen molar-refractivity contribution in [1.82, 2.24) is 4.90 Å². The van der Waals surface area contributed by atoms with E-state index < -0.39 is 0 Å².